The Morgan fingerprint density at radius 3 is 2.87 bits per heavy atom. The second-order valence-electron chi connectivity index (χ2n) is 4.26. The highest BCUT2D eigenvalue weighted by Crippen LogP contribution is 2.16. The molecule has 0 spiro atoms. The predicted molar refractivity (Wildman–Crippen MR) is 64.2 cm³/mol. The highest BCUT2D eigenvalue weighted by Gasteiger charge is 2.16. The van der Waals surface area contributed by atoms with Crippen molar-refractivity contribution in [2.24, 2.45) is 0 Å². The van der Waals surface area contributed by atoms with Gasteiger partial charge in [0, 0.05) is 18.7 Å². The van der Waals surface area contributed by atoms with Gasteiger partial charge in [-0.05, 0) is 33.7 Å². The van der Waals surface area contributed by atoms with Crippen LogP contribution in [-0.2, 0) is 4.74 Å². The molecule has 0 saturated heterocycles. The van der Waals surface area contributed by atoms with Crippen LogP contribution in [0.5, 0.6) is 0 Å². The zero-order valence-electron chi connectivity index (χ0n) is 9.91. The minimum absolute atomic E-state index is 0.0460. The Morgan fingerprint density at radius 1 is 1.60 bits per heavy atom. The standard InChI is InChI=1S/C11H20N2OS/c1-9(10-13-7-8-15-10)12-6-5-11(2,3)14-4/h7-9,12H,5-6H2,1-4H3. The lowest BCUT2D eigenvalue weighted by Gasteiger charge is -2.23. The Balaban J connectivity index is 2.26. The average Bonchev–Trinajstić information content (AvgIpc) is 2.70. The summed E-state index contributed by atoms with van der Waals surface area (Å²) < 4.78 is 5.36. The van der Waals surface area contributed by atoms with E-state index < -0.39 is 0 Å². The first-order valence-electron chi connectivity index (χ1n) is 5.23. The van der Waals surface area contributed by atoms with Gasteiger partial charge in [-0.3, -0.25) is 0 Å². The first kappa shape index (κ1) is 12.6. The lowest BCUT2D eigenvalue weighted by atomic mass is 10.1. The van der Waals surface area contributed by atoms with E-state index in [0.717, 1.165) is 18.0 Å². The molecule has 1 aromatic heterocycles. The van der Waals surface area contributed by atoms with Gasteiger partial charge in [0.1, 0.15) is 5.01 Å². The van der Waals surface area contributed by atoms with Crippen molar-refractivity contribution >= 4 is 11.3 Å². The molecule has 0 bridgehead atoms. The highest BCUT2D eigenvalue weighted by atomic mass is 32.1. The number of hydrogen-bond acceptors (Lipinski definition) is 4. The summed E-state index contributed by atoms with van der Waals surface area (Å²) in [7, 11) is 1.75. The van der Waals surface area contributed by atoms with Crippen molar-refractivity contribution in [1.82, 2.24) is 10.3 Å². The molecule has 0 fully saturated rings. The zero-order valence-corrected chi connectivity index (χ0v) is 10.7. The van der Waals surface area contributed by atoms with E-state index in [1.165, 1.54) is 0 Å². The predicted octanol–water partition coefficient (Wildman–Crippen LogP) is 2.61. The van der Waals surface area contributed by atoms with E-state index in [0.29, 0.717) is 6.04 Å². The molecule has 1 unspecified atom stereocenters. The third kappa shape index (κ3) is 4.28. The first-order chi connectivity index (χ1) is 7.05. The van der Waals surface area contributed by atoms with Crippen LogP contribution in [0.2, 0.25) is 0 Å². The molecule has 1 atom stereocenters. The molecule has 1 rings (SSSR count). The van der Waals surface area contributed by atoms with Gasteiger partial charge >= 0.3 is 0 Å². The highest BCUT2D eigenvalue weighted by molar-refractivity contribution is 7.09. The quantitative estimate of drug-likeness (QED) is 0.812. The normalized spacial score (nSPS) is 14.1. The molecule has 0 aromatic carbocycles. The van der Waals surface area contributed by atoms with Crippen molar-refractivity contribution < 1.29 is 4.74 Å². The van der Waals surface area contributed by atoms with Crippen molar-refractivity contribution in [3.8, 4) is 0 Å². The fourth-order valence-corrected chi connectivity index (χ4v) is 1.90. The fourth-order valence-electron chi connectivity index (χ4n) is 1.23. The molecule has 86 valence electrons. The Morgan fingerprint density at radius 2 is 2.33 bits per heavy atom. The lowest BCUT2D eigenvalue weighted by Crippen LogP contribution is -2.30. The van der Waals surface area contributed by atoms with E-state index in [1.54, 1.807) is 18.4 Å². The summed E-state index contributed by atoms with van der Waals surface area (Å²) in [6.07, 6.45) is 2.84. The number of nitrogens with one attached hydrogen (secondary N) is 1. The molecule has 0 aliphatic carbocycles. The van der Waals surface area contributed by atoms with Crippen LogP contribution < -0.4 is 5.32 Å². The number of hydrogen-bond donors (Lipinski definition) is 1. The molecule has 4 heteroatoms. The molecule has 3 nitrogen and oxygen atoms in total. The molecule has 0 radical (unpaired) electrons. The van der Waals surface area contributed by atoms with E-state index in [-0.39, 0.29) is 5.60 Å². The van der Waals surface area contributed by atoms with Crippen molar-refractivity contribution in [3.05, 3.63) is 16.6 Å². The SMILES string of the molecule is COC(C)(C)CCNC(C)c1nccs1. The van der Waals surface area contributed by atoms with Gasteiger partial charge in [-0.15, -0.1) is 11.3 Å². The molecule has 15 heavy (non-hydrogen) atoms. The van der Waals surface area contributed by atoms with Crippen LogP contribution in [0.1, 0.15) is 38.2 Å². The van der Waals surface area contributed by atoms with Gasteiger partial charge < -0.3 is 10.1 Å². The maximum atomic E-state index is 5.36. The smallest absolute Gasteiger partial charge is 0.109 e. The molecule has 0 saturated carbocycles. The minimum Gasteiger partial charge on any atom is -0.379 e. The number of rotatable bonds is 6. The van der Waals surface area contributed by atoms with Crippen LogP contribution in [0.3, 0.4) is 0 Å². The Hall–Kier alpha value is -0.450. The number of ether oxygens (including phenoxy) is 1. The molecule has 1 aromatic rings. The molecular formula is C11H20N2OS. The van der Waals surface area contributed by atoms with E-state index in [2.05, 4.69) is 31.1 Å². The Bertz CT molecular complexity index is 272. The third-order valence-electron chi connectivity index (χ3n) is 2.55. The van der Waals surface area contributed by atoms with Gasteiger partial charge in [-0.25, -0.2) is 4.98 Å². The summed E-state index contributed by atoms with van der Waals surface area (Å²) in [6, 6.07) is 0.331. The van der Waals surface area contributed by atoms with Crippen LogP contribution >= 0.6 is 11.3 Å². The van der Waals surface area contributed by atoms with Crippen LogP contribution in [0.15, 0.2) is 11.6 Å². The molecule has 1 N–H and O–H groups in total. The van der Waals surface area contributed by atoms with Gasteiger partial charge in [-0.2, -0.15) is 0 Å². The van der Waals surface area contributed by atoms with Crippen LogP contribution in [-0.4, -0.2) is 24.2 Å². The summed E-state index contributed by atoms with van der Waals surface area (Å²) >= 11 is 1.69. The first-order valence-corrected chi connectivity index (χ1v) is 6.11. The van der Waals surface area contributed by atoms with Gasteiger partial charge in [-0.1, -0.05) is 0 Å². The summed E-state index contributed by atoms with van der Waals surface area (Å²) in [5, 5.41) is 6.59. The molecule has 0 aliphatic rings. The third-order valence-corrected chi connectivity index (χ3v) is 3.51. The average molecular weight is 228 g/mol. The van der Waals surface area contributed by atoms with Crippen LogP contribution in [0.25, 0.3) is 0 Å². The Labute approximate surface area is 95.9 Å². The van der Waals surface area contributed by atoms with E-state index in [9.17, 15) is 0 Å². The van der Waals surface area contributed by atoms with E-state index in [4.69, 9.17) is 4.74 Å². The van der Waals surface area contributed by atoms with Crippen LogP contribution in [0, 0.1) is 0 Å². The number of nitrogens with zero attached hydrogens (tertiary/aromatic N) is 1. The van der Waals surface area contributed by atoms with Crippen molar-refractivity contribution in [2.45, 2.75) is 38.8 Å². The van der Waals surface area contributed by atoms with Gasteiger partial charge in [0.15, 0.2) is 0 Å². The maximum Gasteiger partial charge on any atom is 0.109 e. The number of methoxy groups -OCH3 is 1. The molecule has 0 amide bonds. The molecule has 0 aliphatic heterocycles. The van der Waals surface area contributed by atoms with Crippen molar-refractivity contribution in [2.75, 3.05) is 13.7 Å². The van der Waals surface area contributed by atoms with Gasteiger partial charge in [0.2, 0.25) is 0 Å². The topological polar surface area (TPSA) is 34.1 Å². The monoisotopic (exact) mass is 228 g/mol. The van der Waals surface area contributed by atoms with Crippen LogP contribution in [0.4, 0.5) is 0 Å². The largest absolute Gasteiger partial charge is 0.379 e. The number of aromatic nitrogens is 1. The summed E-state index contributed by atoms with van der Waals surface area (Å²) in [6.45, 7) is 7.28. The summed E-state index contributed by atoms with van der Waals surface area (Å²) in [4.78, 5) is 4.28. The molecular weight excluding hydrogens is 208 g/mol. The summed E-state index contributed by atoms with van der Waals surface area (Å²) in [5.41, 5.74) is -0.0460. The second kappa shape index (κ2) is 5.58. The summed E-state index contributed by atoms with van der Waals surface area (Å²) in [5.74, 6) is 0. The maximum absolute atomic E-state index is 5.36. The van der Waals surface area contributed by atoms with Gasteiger partial charge in [0.25, 0.3) is 0 Å². The van der Waals surface area contributed by atoms with Gasteiger partial charge in [0.05, 0.1) is 11.6 Å². The van der Waals surface area contributed by atoms with Crippen molar-refractivity contribution in [1.29, 1.82) is 0 Å². The van der Waals surface area contributed by atoms with E-state index in [1.807, 2.05) is 11.6 Å². The number of thiazole rings is 1. The fraction of sp³-hybridized carbons (Fsp3) is 0.727. The second-order valence-corrected chi connectivity index (χ2v) is 5.19. The van der Waals surface area contributed by atoms with Crippen molar-refractivity contribution in [3.63, 3.8) is 0 Å². The zero-order chi connectivity index (χ0) is 11.3. The van der Waals surface area contributed by atoms with E-state index >= 15 is 0 Å². The lowest BCUT2D eigenvalue weighted by molar-refractivity contribution is 0.0154. The Kier molecular flexibility index (Phi) is 4.70. The minimum atomic E-state index is -0.0460. The molecule has 1 heterocycles.